The third kappa shape index (κ3) is 5.39. The first-order chi connectivity index (χ1) is 37.3. The van der Waals surface area contributed by atoms with Crippen molar-refractivity contribution in [3.05, 3.63) is 217 Å². The Balaban J connectivity index is 0.816. The normalized spacial score (nSPS) is 12.8. The van der Waals surface area contributed by atoms with Gasteiger partial charge in [-0.2, -0.15) is 0 Å². The van der Waals surface area contributed by atoms with Crippen molar-refractivity contribution >= 4 is 131 Å². The fourth-order valence-electron chi connectivity index (χ4n) is 13.3. The molecule has 0 amide bonds. The van der Waals surface area contributed by atoms with Crippen molar-refractivity contribution in [2.75, 3.05) is 0 Å². The van der Waals surface area contributed by atoms with Gasteiger partial charge in [0.05, 0.1) is 55.2 Å². The molecule has 0 fully saturated rings. The zero-order chi connectivity index (χ0) is 49.8. The summed E-state index contributed by atoms with van der Waals surface area (Å²) in [7, 11) is 0. The molecule has 0 saturated heterocycles. The fourth-order valence-corrected chi connectivity index (χ4v) is 13.3. The monoisotopic (exact) mass is 968 g/mol. The number of imidazole rings is 4. The molecule has 18 rings (SSSR count). The number of fused-ring (bicyclic) bond motifs is 20. The topological polar surface area (TPSA) is 43.4 Å². The summed E-state index contributed by atoms with van der Waals surface area (Å²) in [5.74, 6) is 2.35. The van der Waals surface area contributed by atoms with Gasteiger partial charge in [0.25, 0.3) is 0 Å². The van der Waals surface area contributed by atoms with Gasteiger partial charge < -0.3 is 0 Å². The first-order valence-corrected chi connectivity index (χ1v) is 26.5. The quantitative estimate of drug-likeness (QED) is 0.176. The molecule has 18 aromatic rings. The lowest BCUT2D eigenvalue weighted by Gasteiger charge is -2.09. The Kier molecular flexibility index (Phi) is 7.64. The summed E-state index contributed by atoms with van der Waals surface area (Å²) in [6.45, 7) is 6.66. The van der Waals surface area contributed by atoms with Gasteiger partial charge in [-0.15, -0.1) is 0 Å². The van der Waals surface area contributed by atoms with Crippen LogP contribution >= 0.6 is 0 Å². The number of nitrogens with zero attached hydrogens (tertiary/aromatic N) is 6. The molecule has 0 aliphatic carbocycles. The molecule has 0 atom stereocenters. The Morgan fingerprint density at radius 1 is 0.303 bits per heavy atom. The van der Waals surface area contributed by atoms with Crippen LogP contribution in [0.4, 0.5) is 0 Å². The predicted molar refractivity (Wildman–Crippen MR) is 318 cm³/mol. The Labute approximate surface area is 434 Å². The molecular formula is C70H44N6. The van der Waals surface area contributed by atoms with Crippen molar-refractivity contribution in [3.8, 4) is 33.4 Å². The molecule has 0 spiro atoms. The van der Waals surface area contributed by atoms with Crippen molar-refractivity contribution < 1.29 is 0 Å². The molecule has 6 aromatic heterocycles. The molecule has 0 saturated carbocycles. The van der Waals surface area contributed by atoms with Crippen LogP contribution in [0.25, 0.3) is 165 Å². The van der Waals surface area contributed by atoms with Crippen LogP contribution in [-0.4, -0.2) is 27.6 Å². The van der Waals surface area contributed by atoms with E-state index in [1.165, 1.54) is 142 Å². The van der Waals surface area contributed by atoms with Gasteiger partial charge in [0.2, 0.25) is 11.6 Å². The van der Waals surface area contributed by atoms with Crippen LogP contribution in [0.1, 0.15) is 30.9 Å². The molecule has 12 aromatic carbocycles. The van der Waals surface area contributed by atoms with Crippen molar-refractivity contribution in [2.24, 2.45) is 0 Å². The molecular weight excluding hydrogens is 925 g/mol. The first-order valence-electron chi connectivity index (χ1n) is 26.5. The highest BCUT2D eigenvalue weighted by molar-refractivity contribution is 6.22. The number of aryl methyl sites for hydroxylation is 1. The maximum absolute atomic E-state index is 5.50. The van der Waals surface area contributed by atoms with Gasteiger partial charge in [0.1, 0.15) is 0 Å². The second kappa shape index (κ2) is 14.3. The van der Waals surface area contributed by atoms with E-state index in [1.807, 2.05) is 0 Å². The van der Waals surface area contributed by atoms with E-state index in [-0.39, 0.29) is 0 Å². The minimum absolute atomic E-state index is 0.468. The van der Waals surface area contributed by atoms with E-state index in [1.54, 1.807) is 0 Å². The SMILES string of the molecule is Cc1ccc(-c2cc3c4cc5ccccc5cc4n4c3c(c2)n2c3cc5ccc(-c6ccc7cc8c(cc7c6)c6cc(-c7ccc(C(C)C)cc7)cc7c6n8c6nc8cc9ccccc9cc8n76)cc5cc3nc24)cc1. The van der Waals surface area contributed by atoms with Crippen LogP contribution in [-0.2, 0) is 0 Å². The van der Waals surface area contributed by atoms with Crippen LogP contribution in [0.3, 0.4) is 0 Å². The molecule has 76 heavy (non-hydrogen) atoms. The van der Waals surface area contributed by atoms with Gasteiger partial charge >= 0.3 is 0 Å². The highest BCUT2D eigenvalue weighted by Gasteiger charge is 2.25. The van der Waals surface area contributed by atoms with E-state index in [0.29, 0.717) is 5.92 Å². The number of benzene rings is 12. The lowest BCUT2D eigenvalue weighted by atomic mass is 9.96. The van der Waals surface area contributed by atoms with Gasteiger partial charge in [-0.3, -0.25) is 17.6 Å². The van der Waals surface area contributed by atoms with Crippen LogP contribution in [0.2, 0.25) is 0 Å². The molecule has 0 aliphatic rings. The van der Waals surface area contributed by atoms with Crippen molar-refractivity contribution in [1.29, 1.82) is 0 Å². The average molecular weight is 969 g/mol. The molecule has 0 unspecified atom stereocenters. The molecule has 6 heteroatoms. The smallest absolute Gasteiger partial charge is 0.220 e. The third-order valence-corrected chi connectivity index (χ3v) is 17.1. The maximum Gasteiger partial charge on any atom is 0.220 e. The summed E-state index contributed by atoms with van der Waals surface area (Å²) < 4.78 is 9.59. The third-order valence-electron chi connectivity index (χ3n) is 17.1. The average Bonchev–Trinajstić information content (AvgIpc) is 4.37. The predicted octanol–water partition coefficient (Wildman–Crippen LogP) is 18.3. The minimum Gasteiger partial charge on any atom is -0.277 e. The Bertz CT molecular complexity index is 5550. The van der Waals surface area contributed by atoms with Gasteiger partial charge in [0.15, 0.2) is 0 Å². The van der Waals surface area contributed by atoms with Crippen LogP contribution in [0.5, 0.6) is 0 Å². The standard InChI is InChI=1S/C70H44N6/c1-38(2)40-16-18-42(19-17-40)54-29-58-56-27-51-24-47(20-22-49(51)33-62(56)76-68(58)66(37-54)73-63-34-46-11-7-5-9-44(46)30-59(63)71-69(73)76)48-21-23-50-35-64-60(31-52(50)25-48)72-70-74(64)65-36-53(41-14-12-39(3)13-15-41)28-57-55-26-43-8-4-6-10-45(43)32-61(55)75(70)67(57)65/h4-38H,1-3H3. The highest BCUT2D eigenvalue weighted by atomic mass is 15.2. The summed E-state index contributed by atoms with van der Waals surface area (Å²) in [6.07, 6.45) is 0. The maximum atomic E-state index is 5.50. The van der Waals surface area contributed by atoms with Crippen LogP contribution < -0.4 is 0 Å². The van der Waals surface area contributed by atoms with E-state index in [2.05, 4.69) is 245 Å². The highest BCUT2D eigenvalue weighted by Crippen LogP contribution is 2.44. The lowest BCUT2D eigenvalue weighted by molar-refractivity contribution is 0.867. The largest absolute Gasteiger partial charge is 0.277 e. The first kappa shape index (κ1) is 40.7. The number of hydrogen-bond acceptors (Lipinski definition) is 2. The van der Waals surface area contributed by atoms with Crippen LogP contribution in [0, 0.1) is 6.92 Å². The van der Waals surface area contributed by atoms with Gasteiger partial charge in [-0.05, 0) is 180 Å². The number of rotatable bonds is 4. The molecule has 354 valence electrons. The second-order valence-corrected chi connectivity index (χ2v) is 21.8. The van der Waals surface area contributed by atoms with E-state index < -0.39 is 0 Å². The van der Waals surface area contributed by atoms with Gasteiger partial charge in [-0.1, -0.05) is 141 Å². The van der Waals surface area contributed by atoms with Crippen molar-refractivity contribution in [1.82, 2.24) is 27.6 Å². The molecule has 6 heterocycles. The van der Waals surface area contributed by atoms with Crippen molar-refractivity contribution in [3.63, 3.8) is 0 Å². The molecule has 0 aliphatic heterocycles. The van der Waals surface area contributed by atoms with E-state index in [0.717, 1.165) is 33.6 Å². The van der Waals surface area contributed by atoms with E-state index in [9.17, 15) is 0 Å². The second-order valence-electron chi connectivity index (χ2n) is 21.8. The summed E-state index contributed by atoms with van der Waals surface area (Å²) in [6, 6.07) is 77.4. The Hall–Kier alpha value is -9.78. The van der Waals surface area contributed by atoms with E-state index in [4.69, 9.17) is 9.97 Å². The van der Waals surface area contributed by atoms with Gasteiger partial charge in [0, 0.05) is 21.5 Å². The minimum atomic E-state index is 0.468. The number of aromatic nitrogens is 6. The fraction of sp³-hybridized carbons (Fsp3) is 0.0571. The number of hydrogen-bond donors (Lipinski definition) is 0. The van der Waals surface area contributed by atoms with E-state index >= 15 is 0 Å². The lowest BCUT2D eigenvalue weighted by Crippen LogP contribution is -1.88. The molecule has 0 radical (unpaired) electrons. The summed E-state index contributed by atoms with van der Waals surface area (Å²) in [4.78, 5) is 10.9. The van der Waals surface area contributed by atoms with Gasteiger partial charge in [-0.25, -0.2) is 9.97 Å². The van der Waals surface area contributed by atoms with Crippen molar-refractivity contribution in [2.45, 2.75) is 26.7 Å². The Morgan fingerprint density at radius 3 is 1.22 bits per heavy atom. The zero-order valence-electron chi connectivity index (χ0n) is 41.9. The Morgan fingerprint density at radius 2 is 0.711 bits per heavy atom. The molecule has 0 N–H and O–H groups in total. The summed E-state index contributed by atoms with van der Waals surface area (Å²) in [5, 5.41) is 14.6. The zero-order valence-corrected chi connectivity index (χ0v) is 41.9. The summed E-state index contributed by atoms with van der Waals surface area (Å²) >= 11 is 0. The van der Waals surface area contributed by atoms with Crippen LogP contribution in [0.15, 0.2) is 206 Å². The molecule has 6 nitrogen and oxygen atoms in total. The summed E-state index contributed by atoms with van der Waals surface area (Å²) in [5.41, 5.74) is 21.1. The molecule has 0 bridgehead atoms.